The predicted molar refractivity (Wildman–Crippen MR) is 92.6 cm³/mol. The smallest absolute Gasteiger partial charge is 0.203 e. The fourth-order valence-corrected chi connectivity index (χ4v) is 6.02. The maximum Gasteiger partial charge on any atom is 0.203 e. The Kier molecular flexibility index (Phi) is 4.11. The summed E-state index contributed by atoms with van der Waals surface area (Å²) in [5.74, 6) is 5.17. The lowest BCUT2D eigenvalue weighted by molar-refractivity contribution is -0.752. The van der Waals surface area contributed by atoms with Crippen LogP contribution < -0.4 is 19.5 Å². The van der Waals surface area contributed by atoms with Crippen molar-refractivity contribution in [1.82, 2.24) is 0 Å². The first-order valence-electron chi connectivity index (χ1n) is 9.28. The summed E-state index contributed by atoms with van der Waals surface area (Å²) in [6, 6.07) is 4.19. The summed E-state index contributed by atoms with van der Waals surface area (Å²) < 4.78 is 16.4. The standard InChI is InChI=1S/C20H29NO3/c1-22-17-7-16(8-18(23-2)19(17)24-3)12-21-20-9-13-4-14(10-20)6-15(5-13)11-20/h7-8,13-15,21H,4-6,9-12H2,1-3H3/p+1. The molecule has 2 N–H and O–H groups in total. The van der Waals surface area contributed by atoms with Gasteiger partial charge in [0.15, 0.2) is 11.5 Å². The number of hydrogen-bond acceptors (Lipinski definition) is 3. The van der Waals surface area contributed by atoms with Crippen molar-refractivity contribution in [3.8, 4) is 17.2 Å². The van der Waals surface area contributed by atoms with Gasteiger partial charge in [0.25, 0.3) is 0 Å². The van der Waals surface area contributed by atoms with Crippen molar-refractivity contribution in [3.63, 3.8) is 0 Å². The van der Waals surface area contributed by atoms with E-state index in [1.165, 1.54) is 44.1 Å². The van der Waals surface area contributed by atoms with Crippen molar-refractivity contribution in [2.45, 2.75) is 50.6 Å². The molecule has 0 radical (unpaired) electrons. The Balaban J connectivity index is 1.52. The molecule has 1 aromatic carbocycles. The molecule has 4 aliphatic rings. The van der Waals surface area contributed by atoms with E-state index in [0.717, 1.165) is 35.8 Å². The van der Waals surface area contributed by atoms with Crippen molar-refractivity contribution in [2.75, 3.05) is 21.3 Å². The lowest BCUT2D eigenvalue weighted by Crippen LogP contribution is -2.97. The minimum absolute atomic E-state index is 0.495. The van der Waals surface area contributed by atoms with Crippen LogP contribution in [0.25, 0.3) is 0 Å². The normalized spacial score (nSPS) is 33.5. The van der Waals surface area contributed by atoms with Crippen molar-refractivity contribution in [2.24, 2.45) is 17.8 Å². The largest absolute Gasteiger partial charge is 0.493 e. The Hall–Kier alpha value is -1.42. The average Bonchev–Trinajstić information content (AvgIpc) is 2.57. The monoisotopic (exact) mass is 332 g/mol. The number of rotatable bonds is 6. The van der Waals surface area contributed by atoms with Crippen molar-refractivity contribution < 1.29 is 19.5 Å². The predicted octanol–water partition coefficient (Wildman–Crippen LogP) is 2.74. The third-order valence-electron chi connectivity index (χ3n) is 6.58. The number of methoxy groups -OCH3 is 3. The van der Waals surface area contributed by atoms with E-state index in [4.69, 9.17) is 14.2 Å². The van der Waals surface area contributed by atoms with Gasteiger partial charge >= 0.3 is 0 Å². The first-order valence-corrected chi connectivity index (χ1v) is 9.28. The zero-order chi connectivity index (χ0) is 16.7. The third kappa shape index (κ3) is 2.75. The highest BCUT2D eigenvalue weighted by Crippen LogP contribution is 2.54. The molecule has 1 aromatic rings. The molecule has 4 saturated carbocycles. The number of ether oxygens (including phenoxy) is 3. The van der Waals surface area contributed by atoms with Crippen LogP contribution in [-0.4, -0.2) is 26.9 Å². The maximum absolute atomic E-state index is 5.50. The molecule has 4 aliphatic carbocycles. The van der Waals surface area contributed by atoms with Gasteiger partial charge in [-0.3, -0.25) is 0 Å². The Morgan fingerprint density at radius 3 is 1.79 bits per heavy atom. The van der Waals surface area contributed by atoms with E-state index in [1.54, 1.807) is 21.3 Å². The zero-order valence-electron chi connectivity index (χ0n) is 15.1. The highest BCUT2D eigenvalue weighted by molar-refractivity contribution is 5.53. The Morgan fingerprint density at radius 2 is 1.38 bits per heavy atom. The van der Waals surface area contributed by atoms with Crippen molar-refractivity contribution in [1.29, 1.82) is 0 Å². The Morgan fingerprint density at radius 1 is 0.875 bits per heavy atom. The van der Waals surface area contributed by atoms with Crippen molar-refractivity contribution in [3.05, 3.63) is 17.7 Å². The molecule has 5 rings (SSSR count). The molecule has 0 unspecified atom stereocenters. The molecule has 4 heteroatoms. The van der Waals surface area contributed by atoms with Gasteiger partial charge in [0, 0.05) is 24.8 Å². The van der Waals surface area contributed by atoms with Crippen LogP contribution in [0.15, 0.2) is 12.1 Å². The van der Waals surface area contributed by atoms with Crippen LogP contribution in [0.4, 0.5) is 0 Å². The van der Waals surface area contributed by atoms with Gasteiger partial charge in [-0.05, 0) is 49.1 Å². The van der Waals surface area contributed by atoms with Crippen molar-refractivity contribution >= 4 is 0 Å². The Bertz CT molecular complexity index is 553. The summed E-state index contributed by atoms with van der Waals surface area (Å²) in [6.07, 6.45) is 8.75. The topological polar surface area (TPSA) is 44.3 Å². The molecular formula is C20H30NO3+. The van der Waals surface area contributed by atoms with Crippen LogP contribution in [0, 0.1) is 17.8 Å². The van der Waals surface area contributed by atoms with E-state index in [0.29, 0.717) is 11.3 Å². The fourth-order valence-electron chi connectivity index (χ4n) is 6.02. The lowest BCUT2D eigenvalue weighted by Gasteiger charge is -2.54. The molecule has 0 aliphatic heterocycles. The van der Waals surface area contributed by atoms with Crippen LogP contribution in [0.3, 0.4) is 0 Å². The maximum atomic E-state index is 5.50. The van der Waals surface area contributed by atoms with Crippen LogP contribution in [0.2, 0.25) is 0 Å². The number of hydrogen-bond donors (Lipinski definition) is 1. The quantitative estimate of drug-likeness (QED) is 0.871. The molecule has 0 amide bonds. The van der Waals surface area contributed by atoms with Gasteiger partial charge in [-0.15, -0.1) is 0 Å². The van der Waals surface area contributed by atoms with E-state index in [1.807, 2.05) is 0 Å². The molecule has 0 atom stereocenters. The second-order valence-electron chi connectivity index (χ2n) is 8.22. The molecule has 4 bridgehead atoms. The van der Waals surface area contributed by atoms with Crippen LogP contribution in [0.5, 0.6) is 17.2 Å². The first kappa shape index (κ1) is 16.1. The highest BCUT2D eigenvalue weighted by Gasteiger charge is 2.53. The fraction of sp³-hybridized carbons (Fsp3) is 0.700. The second-order valence-corrected chi connectivity index (χ2v) is 8.22. The minimum Gasteiger partial charge on any atom is -0.493 e. The van der Waals surface area contributed by atoms with Crippen LogP contribution >= 0.6 is 0 Å². The lowest BCUT2D eigenvalue weighted by atomic mass is 9.53. The number of nitrogens with two attached hydrogens (primary N) is 1. The third-order valence-corrected chi connectivity index (χ3v) is 6.58. The van der Waals surface area contributed by atoms with Gasteiger partial charge in [-0.25, -0.2) is 0 Å². The summed E-state index contributed by atoms with van der Waals surface area (Å²) in [5, 5.41) is 2.62. The van der Waals surface area contributed by atoms with E-state index in [-0.39, 0.29) is 0 Å². The SMILES string of the molecule is COc1cc(C[NH2+]C23CC4CC(CC(C4)C2)C3)cc(OC)c1OC. The van der Waals surface area contributed by atoms with Gasteiger partial charge in [0.2, 0.25) is 5.75 Å². The summed E-state index contributed by atoms with van der Waals surface area (Å²) in [4.78, 5) is 0. The molecule has 0 heterocycles. The average molecular weight is 332 g/mol. The van der Waals surface area contributed by atoms with Gasteiger partial charge in [0.05, 0.1) is 26.9 Å². The molecule has 24 heavy (non-hydrogen) atoms. The summed E-state index contributed by atoms with van der Waals surface area (Å²) >= 11 is 0. The molecule has 4 fully saturated rings. The van der Waals surface area contributed by atoms with E-state index in [2.05, 4.69) is 17.4 Å². The van der Waals surface area contributed by atoms with Gasteiger partial charge in [0.1, 0.15) is 6.54 Å². The number of benzene rings is 1. The zero-order valence-corrected chi connectivity index (χ0v) is 15.1. The van der Waals surface area contributed by atoms with Gasteiger partial charge < -0.3 is 19.5 Å². The molecule has 132 valence electrons. The molecule has 0 saturated heterocycles. The van der Waals surface area contributed by atoms with E-state index in [9.17, 15) is 0 Å². The van der Waals surface area contributed by atoms with Gasteiger partial charge in [-0.1, -0.05) is 0 Å². The van der Waals surface area contributed by atoms with Crippen LogP contribution in [-0.2, 0) is 6.54 Å². The molecule has 0 spiro atoms. The number of quaternary nitrogens is 1. The molecule has 0 aromatic heterocycles. The van der Waals surface area contributed by atoms with E-state index >= 15 is 0 Å². The summed E-state index contributed by atoms with van der Waals surface area (Å²) in [5.41, 5.74) is 1.75. The first-order chi connectivity index (χ1) is 11.6. The van der Waals surface area contributed by atoms with Gasteiger partial charge in [-0.2, -0.15) is 0 Å². The second kappa shape index (κ2) is 6.14. The highest BCUT2D eigenvalue weighted by atomic mass is 16.5. The molecular weight excluding hydrogens is 302 g/mol. The molecule has 4 nitrogen and oxygen atoms in total. The van der Waals surface area contributed by atoms with E-state index < -0.39 is 0 Å². The summed E-state index contributed by atoms with van der Waals surface area (Å²) in [6.45, 7) is 0.989. The minimum atomic E-state index is 0.495. The Labute approximate surface area is 144 Å². The van der Waals surface area contributed by atoms with Crippen LogP contribution in [0.1, 0.15) is 44.1 Å². The summed E-state index contributed by atoms with van der Waals surface area (Å²) in [7, 11) is 5.02.